The molecular formula is C26H42F2O. The van der Waals surface area contributed by atoms with Crippen LogP contribution in [0.5, 0.6) is 0 Å². The van der Waals surface area contributed by atoms with Crippen molar-refractivity contribution >= 4 is 0 Å². The third-order valence-electron chi connectivity index (χ3n) is 9.24. The predicted molar refractivity (Wildman–Crippen MR) is 115 cm³/mol. The lowest BCUT2D eigenvalue weighted by Gasteiger charge is -2.53. The highest BCUT2D eigenvalue weighted by Crippen LogP contribution is 2.55. The van der Waals surface area contributed by atoms with E-state index in [0.29, 0.717) is 5.92 Å². The van der Waals surface area contributed by atoms with Crippen LogP contribution in [0, 0.1) is 41.4 Å². The number of hydrogen-bond donors (Lipinski definition) is 0. The Hall–Kier alpha value is -0.440. The van der Waals surface area contributed by atoms with Crippen LogP contribution in [0.2, 0.25) is 0 Å². The third-order valence-corrected chi connectivity index (χ3v) is 9.24. The lowest BCUT2D eigenvalue weighted by atomic mass is 9.63. The van der Waals surface area contributed by atoms with Crippen molar-refractivity contribution in [3.05, 3.63) is 12.2 Å². The first kappa shape index (κ1) is 21.8. The molecule has 1 nitrogen and oxygen atoms in total. The molecule has 0 N–H and O–H groups in total. The van der Waals surface area contributed by atoms with Gasteiger partial charge >= 0.3 is 6.11 Å². The molecule has 3 saturated carbocycles. The molecule has 4 aliphatic rings. The first-order valence-electron chi connectivity index (χ1n) is 12.7. The summed E-state index contributed by atoms with van der Waals surface area (Å²) in [5, 5.41) is 0. The summed E-state index contributed by atoms with van der Waals surface area (Å²) in [5.41, 5.74) is 0. The molecule has 4 fully saturated rings. The molecule has 0 radical (unpaired) electrons. The Morgan fingerprint density at radius 3 is 1.79 bits per heavy atom. The van der Waals surface area contributed by atoms with Crippen molar-refractivity contribution in [3.63, 3.8) is 0 Å². The largest absolute Gasteiger partial charge is 0.361 e. The third kappa shape index (κ3) is 4.75. The van der Waals surface area contributed by atoms with Crippen molar-refractivity contribution in [2.45, 2.75) is 110 Å². The Kier molecular flexibility index (Phi) is 7.03. The van der Waals surface area contributed by atoms with Crippen LogP contribution in [0.3, 0.4) is 0 Å². The van der Waals surface area contributed by atoms with Gasteiger partial charge in [-0.15, -0.1) is 0 Å². The second kappa shape index (κ2) is 9.37. The van der Waals surface area contributed by atoms with Gasteiger partial charge in [0.2, 0.25) is 0 Å². The highest BCUT2D eigenvalue weighted by atomic mass is 19.3. The Labute approximate surface area is 177 Å². The molecule has 0 bridgehead atoms. The molecule has 0 unspecified atom stereocenters. The van der Waals surface area contributed by atoms with Crippen LogP contribution in [-0.2, 0) is 4.74 Å². The Balaban J connectivity index is 1.28. The summed E-state index contributed by atoms with van der Waals surface area (Å²) in [7, 11) is 0. The van der Waals surface area contributed by atoms with Crippen LogP contribution < -0.4 is 0 Å². The Morgan fingerprint density at radius 2 is 1.28 bits per heavy atom. The first-order chi connectivity index (χ1) is 14.0. The van der Waals surface area contributed by atoms with Gasteiger partial charge in [0, 0.05) is 0 Å². The van der Waals surface area contributed by atoms with Gasteiger partial charge in [-0.05, 0) is 107 Å². The average Bonchev–Trinajstić information content (AvgIpc) is 2.74. The summed E-state index contributed by atoms with van der Waals surface area (Å²) in [6, 6.07) is 0. The summed E-state index contributed by atoms with van der Waals surface area (Å²) < 4.78 is 34.2. The minimum absolute atomic E-state index is 0.166. The van der Waals surface area contributed by atoms with Crippen molar-refractivity contribution in [2.75, 3.05) is 0 Å². The number of hydrogen-bond acceptors (Lipinski definition) is 1. The van der Waals surface area contributed by atoms with Crippen LogP contribution in [0.25, 0.3) is 0 Å². The molecule has 4 rings (SSSR count). The molecule has 2 atom stereocenters. The van der Waals surface area contributed by atoms with Gasteiger partial charge in [-0.25, -0.2) is 0 Å². The lowest BCUT2D eigenvalue weighted by molar-refractivity contribution is -0.418. The maximum absolute atomic E-state index is 14.5. The number of alkyl halides is 2. The maximum Gasteiger partial charge on any atom is 0.361 e. The second-order valence-electron chi connectivity index (χ2n) is 10.7. The summed E-state index contributed by atoms with van der Waals surface area (Å²) >= 11 is 0. The van der Waals surface area contributed by atoms with Gasteiger partial charge in [0.1, 0.15) is 0 Å². The molecule has 0 aromatic carbocycles. The second-order valence-corrected chi connectivity index (χ2v) is 10.7. The van der Waals surface area contributed by atoms with E-state index in [9.17, 15) is 8.78 Å². The van der Waals surface area contributed by atoms with Gasteiger partial charge < -0.3 is 4.74 Å². The molecule has 1 heterocycles. The minimum Gasteiger partial charge on any atom is -0.316 e. The van der Waals surface area contributed by atoms with Gasteiger partial charge in [0.15, 0.2) is 0 Å². The van der Waals surface area contributed by atoms with Gasteiger partial charge in [-0.1, -0.05) is 38.3 Å². The van der Waals surface area contributed by atoms with Crippen LogP contribution in [0.15, 0.2) is 12.2 Å². The summed E-state index contributed by atoms with van der Waals surface area (Å²) in [4.78, 5) is 0. The van der Waals surface area contributed by atoms with Crippen molar-refractivity contribution in [1.82, 2.24) is 0 Å². The maximum atomic E-state index is 14.5. The van der Waals surface area contributed by atoms with Crippen molar-refractivity contribution in [2.24, 2.45) is 41.4 Å². The monoisotopic (exact) mass is 408 g/mol. The van der Waals surface area contributed by atoms with Crippen molar-refractivity contribution in [1.29, 1.82) is 0 Å². The van der Waals surface area contributed by atoms with E-state index in [1.165, 1.54) is 57.8 Å². The molecule has 3 aliphatic carbocycles. The normalized spacial score (nSPS) is 45.8. The summed E-state index contributed by atoms with van der Waals surface area (Å²) in [6.07, 6.45) is 17.1. The fraction of sp³-hybridized carbons (Fsp3) is 0.923. The van der Waals surface area contributed by atoms with Crippen LogP contribution >= 0.6 is 0 Å². The van der Waals surface area contributed by atoms with Crippen LogP contribution in [-0.4, -0.2) is 12.2 Å². The summed E-state index contributed by atoms with van der Waals surface area (Å²) in [5.74, 6) is 3.27. The minimum atomic E-state index is -2.87. The zero-order valence-corrected chi connectivity index (χ0v) is 18.6. The van der Waals surface area contributed by atoms with Crippen LogP contribution in [0.4, 0.5) is 8.78 Å². The number of halogens is 2. The van der Waals surface area contributed by atoms with Gasteiger partial charge in [0.25, 0.3) is 0 Å². The average molecular weight is 409 g/mol. The van der Waals surface area contributed by atoms with Crippen LogP contribution in [0.1, 0.15) is 97.3 Å². The number of rotatable bonds is 5. The summed E-state index contributed by atoms with van der Waals surface area (Å²) in [6.45, 7) is 4.38. The topological polar surface area (TPSA) is 9.23 Å². The fourth-order valence-electron chi connectivity index (χ4n) is 7.37. The van der Waals surface area contributed by atoms with E-state index in [1.807, 2.05) is 0 Å². The van der Waals surface area contributed by atoms with Crippen molar-refractivity contribution < 1.29 is 13.5 Å². The standard InChI is InChI=1S/C26H42F2O/c1-3-5-19-8-10-20(11-9-19)21-14-16-22(17-15-21)24-25(29-26(24,27)28)23-12-6-18(4-2)7-13-23/h3,5,18-25H,4,6-17H2,1-2H3/t18?,19?,20?,21?,22?,23?,24-,25-/m0/s1. The Morgan fingerprint density at radius 1 is 0.759 bits per heavy atom. The smallest absolute Gasteiger partial charge is 0.316 e. The molecule has 0 aromatic heterocycles. The highest BCUT2D eigenvalue weighted by molar-refractivity contribution is 4.99. The van der Waals surface area contributed by atoms with Gasteiger partial charge in [-0.2, -0.15) is 8.78 Å². The Bertz CT molecular complexity index is 535. The quantitative estimate of drug-likeness (QED) is 0.419. The molecule has 1 saturated heterocycles. The molecule has 0 spiro atoms. The first-order valence-corrected chi connectivity index (χ1v) is 12.7. The molecule has 166 valence electrons. The zero-order valence-electron chi connectivity index (χ0n) is 18.6. The molecule has 0 amide bonds. The lowest BCUT2D eigenvalue weighted by Crippen LogP contribution is -2.61. The van der Waals surface area contributed by atoms with E-state index < -0.39 is 12.0 Å². The molecule has 29 heavy (non-hydrogen) atoms. The fourth-order valence-corrected chi connectivity index (χ4v) is 7.37. The zero-order chi connectivity index (χ0) is 20.4. The molecular weight excluding hydrogens is 366 g/mol. The van der Waals surface area contributed by atoms with E-state index in [4.69, 9.17) is 4.74 Å². The van der Waals surface area contributed by atoms with E-state index in [1.54, 1.807) is 0 Å². The highest BCUT2D eigenvalue weighted by Gasteiger charge is 2.62. The van der Waals surface area contributed by atoms with Gasteiger partial charge in [0.05, 0.1) is 12.0 Å². The SMILES string of the molecule is CC=CC1CCC(C2CCC([C@H]3[C@H](C4CCC(CC)CC4)OC3(F)F)CC2)CC1. The molecule has 0 aromatic rings. The van der Waals surface area contributed by atoms with E-state index in [0.717, 1.165) is 49.4 Å². The molecule has 3 heteroatoms. The van der Waals surface area contributed by atoms with E-state index in [2.05, 4.69) is 26.0 Å². The van der Waals surface area contributed by atoms with E-state index >= 15 is 0 Å². The van der Waals surface area contributed by atoms with Crippen molar-refractivity contribution in [3.8, 4) is 0 Å². The van der Waals surface area contributed by atoms with E-state index in [-0.39, 0.29) is 12.0 Å². The predicted octanol–water partition coefficient (Wildman–Crippen LogP) is 8.00. The number of ether oxygens (including phenoxy) is 1. The number of allylic oxidation sites excluding steroid dienone is 2. The van der Waals surface area contributed by atoms with Gasteiger partial charge in [-0.3, -0.25) is 0 Å². The molecule has 1 aliphatic heterocycles.